The van der Waals surface area contributed by atoms with Crippen molar-refractivity contribution in [3.8, 4) is 0 Å². The van der Waals surface area contributed by atoms with Crippen LogP contribution in [0.15, 0.2) is 51.1 Å². The summed E-state index contributed by atoms with van der Waals surface area (Å²) in [5, 5.41) is 14.8. The minimum Gasteiger partial charge on any atom is -0.431 e. The van der Waals surface area contributed by atoms with Crippen molar-refractivity contribution < 1.29 is 14.1 Å². The van der Waals surface area contributed by atoms with E-state index in [0.29, 0.717) is 15.7 Å². The van der Waals surface area contributed by atoms with Gasteiger partial charge >= 0.3 is 5.00 Å². The van der Waals surface area contributed by atoms with Gasteiger partial charge in [-0.2, -0.15) is 5.10 Å². The largest absolute Gasteiger partial charge is 0.431 e. The summed E-state index contributed by atoms with van der Waals surface area (Å²) in [6, 6.07) is 10.3. The van der Waals surface area contributed by atoms with Crippen LogP contribution in [0.25, 0.3) is 11.1 Å². The van der Waals surface area contributed by atoms with E-state index in [0.717, 1.165) is 28.6 Å². The summed E-state index contributed by atoms with van der Waals surface area (Å²) in [5.41, 5.74) is 3.75. The van der Waals surface area contributed by atoms with E-state index in [1.54, 1.807) is 12.1 Å². The maximum absolute atomic E-state index is 11.7. The second-order valence-corrected chi connectivity index (χ2v) is 6.48. The zero-order valence-electron chi connectivity index (χ0n) is 12.0. The van der Waals surface area contributed by atoms with Gasteiger partial charge in [-0.1, -0.05) is 35.2 Å². The van der Waals surface area contributed by atoms with Crippen LogP contribution in [0.4, 0.5) is 5.00 Å². The van der Waals surface area contributed by atoms with Crippen LogP contribution in [0.5, 0.6) is 0 Å². The molecule has 122 valence electrons. The van der Waals surface area contributed by atoms with Crippen molar-refractivity contribution >= 4 is 51.3 Å². The summed E-state index contributed by atoms with van der Waals surface area (Å²) in [6.45, 7) is 0. The van der Waals surface area contributed by atoms with Crippen LogP contribution in [0.2, 0.25) is 0 Å². The van der Waals surface area contributed by atoms with E-state index in [4.69, 9.17) is 4.42 Å². The fraction of sp³-hybridized carbons (Fsp3) is 0.0714. The third kappa shape index (κ3) is 3.97. The molecule has 0 unspecified atom stereocenters. The number of hydrazone groups is 1. The normalized spacial score (nSPS) is 11.2. The number of nitro groups is 1. The first-order valence-electron chi connectivity index (χ1n) is 6.66. The van der Waals surface area contributed by atoms with Crippen LogP contribution >= 0.6 is 23.1 Å². The average molecular weight is 362 g/mol. The predicted molar refractivity (Wildman–Crippen MR) is 91.4 cm³/mol. The van der Waals surface area contributed by atoms with Crippen molar-refractivity contribution in [3.63, 3.8) is 0 Å². The lowest BCUT2D eigenvalue weighted by Gasteiger charge is -1.96. The lowest BCUT2D eigenvalue weighted by Crippen LogP contribution is -2.19. The van der Waals surface area contributed by atoms with Crippen LogP contribution in [0.3, 0.4) is 0 Å². The topological polar surface area (TPSA) is 111 Å². The Morgan fingerprint density at radius 2 is 2.25 bits per heavy atom. The molecule has 24 heavy (non-hydrogen) atoms. The number of amides is 1. The zero-order chi connectivity index (χ0) is 16.9. The van der Waals surface area contributed by atoms with Gasteiger partial charge in [0.05, 0.1) is 21.8 Å². The number of hydrogen-bond donors (Lipinski definition) is 1. The van der Waals surface area contributed by atoms with Crippen molar-refractivity contribution in [3.05, 3.63) is 51.4 Å². The maximum atomic E-state index is 11.7. The Labute approximate surface area is 143 Å². The number of para-hydroxylation sites is 2. The number of thioether (sulfide) groups is 1. The van der Waals surface area contributed by atoms with Crippen LogP contribution in [0, 0.1) is 10.1 Å². The summed E-state index contributed by atoms with van der Waals surface area (Å²) in [7, 11) is 0. The Morgan fingerprint density at radius 1 is 1.42 bits per heavy atom. The molecule has 2 aromatic heterocycles. The number of hydrogen-bond acceptors (Lipinski definition) is 8. The number of rotatable bonds is 6. The van der Waals surface area contributed by atoms with E-state index in [1.165, 1.54) is 12.3 Å². The highest BCUT2D eigenvalue weighted by Gasteiger charge is 2.09. The molecule has 0 spiro atoms. The molecule has 3 aromatic rings. The molecule has 0 aliphatic heterocycles. The van der Waals surface area contributed by atoms with E-state index in [9.17, 15) is 14.9 Å². The van der Waals surface area contributed by atoms with Gasteiger partial charge in [-0.3, -0.25) is 14.9 Å². The first-order valence-corrected chi connectivity index (χ1v) is 8.46. The van der Waals surface area contributed by atoms with E-state index < -0.39 is 4.92 Å². The smallest absolute Gasteiger partial charge is 0.324 e. The fourth-order valence-corrected chi connectivity index (χ4v) is 3.07. The highest BCUT2D eigenvalue weighted by molar-refractivity contribution is 7.99. The van der Waals surface area contributed by atoms with Gasteiger partial charge in [-0.05, 0) is 18.2 Å². The molecule has 0 fully saturated rings. The van der Waals surface area contributed by atoms with E-state index >= 15 is 0 Å². The molecule has 0 aliphatic rings. The van der Waals surface area contributed by atoms with Gasteiger partial charge in [0.15, 0.2) is 5.58 Å². The number of oxazole rings is 1. The second kappa shape index (κ2) is 7.23. The quantitative estimate of drug-likeness (QED) is 0.312. The Hall–Kier alpha value is -2.72. The molecule has 1 amide bonds. The number of thiophene rings is 1. The molecule has 0 saturated carbocycles. The number of carbonyl (C=O) groups is 1. The highest BCUT2D eigenvalue weighted by Crippen LogP contribution is 2.23. The first kappa shape index (κ1) is 16.1. The van der Waals surface area contributed by atoms with Gasteiger partial charge in [0, 0.05) is 6.07 Å². The van der Waals surface area contributed by atoms with Gasteiger partial charge in [-0.25, -0.2) is 10.4 Å². The van der Waals surface area contributed by atoms with Gasteiger partial charge in [0.25, 0.3) is 11.1 Å². The number of benzene rings is 1. The fourth-order valence-electron chi connectivity index (χ4n) is 1.75. The Bertz CT molecular complexity index is 885. The lowest BCUT2D eigenvalue weighted by molar-refractivity contribution is -0.380. The monoisotopic (exact) mass is 362 g/mol. The Morgan fingerprint density at radius 3 is 3.00 bits per heavy atom. The minimum absolute atomic E-state index is 0.0225. The SMILES string of the molecule is O=C(CSc1nc2ccccc2o1)N/N=C/c1ccc([N+](=O)[O-])s1. The summed E-state index contributed by atoms with van der Waals surface area (Å²) < 4.78 is 5.49. The number of nitrogens with one attached hydrogen (secondary N) is 1. The average Bonchev–Trinajstić information content (AvgIpc) is 3.19. The molecular weight excluding hydrogens is 352 g/mol. The lowest BCUT2D eigenvalue weighted by atomic mass is 10.3. The first-order chi connectivity index (χ1) is 11.6. The van der Waals surface area contributed by atoms with Crippen molar-refractivity contribution in [2.24, 2.45) is 5.10 Å². The third-order valence-corrected chi connectivity index (χ3v) is 4.57. The molecule has 0 bridgehead atoms. The summed E-state index contributed by atoms with van der Waals surface area (Å²) in [6.07, 6.45) is 1.36. The third-order valence-electron chi connectivity index (χ3n) is 2.77. The second-order valence-electron chi connectivity index (χ2n) is 4.46. The van der Waals surface area contributed by atoms with E-state index in [2.05, 4.69) is 15.5 Å². The zero-order valence-corrected chi connectivity index (χ0v) is 13.7. The summed E-state index contributed by atoms with van der Waals surface area (Å²) in [4.78, 5) is 26.6. The van der Waals surface area contributed by atoms with Crippen molar-refractivity contribution in [1.29, 1.82) is 0 Å². The summed E-state index contributed by atoms with van der Waals surface area (Å²) >= 11 is 2.13. The van der Waals surface area contributed by atoms with Crippen LogP contribution in [-0.4, -0.2) is 27.8 Å². The number of aromatic nitrogens is 1. The standard InChI is InChI=1S/C14H10N4O4S2/c19-12(17-15-7-9-5-6-13(24-9)18(20)21)8-23-14-16-10-3-1-2-4-11(10)22-14/h1-7H,8H2,(H,17,19)/b15-7+. The highest BCUT2D eigenvalue weighted by atomic mass is 32.2. The van der Waals surface area contributed by atoms with Gasteiger partial charge in [0.2, 0.25) is 0 Å². The van der Waals surface area contributed by atoms with Gasteiger partial charge < -0.3 is 4.42 Å². The molecule has 1 N–H and O–H groups in total. The Kier molecular flexibility index (Phi) is 4.87. The van der Waals surface area contributed by atoms with E-state index in [1.807, 2.05) is 18.2 Å². The Balaban J connectivity index is 1.50. The maximum Gasteiger partial charge on any atom is 0.324 e. The molecule has 0 saturated heterocycles. The molecule has 1 aromatic carbocycles. The molecule has 8 nitrogen and oxygen atoms in total. The number of nitrogens with zero attached hydrogens (tertiary/aromatic N) is 3. The molecule has 10 heteroatoms. The van der Waals surface area contributed by atoms with Crippen molar-refractivity contribution in [1.82, 2.24) is 10.4 Å². The molecule has 0 aliphatic carbocycles. The van der Waals surface area contributed by atoms with Crippen LogP contribution < -0.4 is 5.43 Å². The molecule has 3 rings (SSSR count). The van der Waals surface area contributed by atoms with Crippen molar-refractivity contribution in [2.45, 2.75) is 5.22 Å². The molecule has 0 atom stereocenters. The molecule has 2 heterocycles. The molecule has 0 radical (unpaired) electrons. The number of carbonyl (C=O) groups excluding carboxylic acids is 1. The number of fused-ring (bicyclic) bond motifs is 1. The van der Waals surface area contributed by atoms with Crippen LogP contribution in [-0.2, 0) is 4.79 Å². The minimum atomic E-state index is -0.475. The van der Waals surface area contributed by atoms with Crippen LogP contribution in [0.1, 0.15) is 4.88 Å². The van der Waals surface area contributed by atoms with Gasteiger partial charge in [0.1, 0.15) is 5.52 Å². The van der Waals surface area contributed by atoms with Gasteiger partial charge in [-0.15, -0.1) is 0 Å². The molecular formula is C14H10N4O4S2. The van der Waals surface area contributed by atoms with E-state index in [-0.39, 0.29) is 16.7 Å². The summed E-state index contributed by atoms with van der Waals surface area (Å²) in [5.74, 6) is -0.237. The van der Waals surface area contributed by atoms with Crippen molar-refractivity contribution in [2.75, 3.05) is 5.75 Å². The predicted octanol–water partition coefficient (Wildman–Crippen LogP) is 3.04.